The average molecular weight is 346 g/mol. The molecule has 1 aliphatic heterocycles. The molecule has 0 spiro atoms. The van der Waals surface area contributed by atoms with Gasteiger partial charge < -0.3 is 10.6 Å². The lowest BCUT2D eigenvalue weighted by molar-refractivity contribution is -0.124. The third-order valence-corrected chi connectivity index (χ3v) is 4.83. The summed E-state index contributed by atoms with van der Waals surface area (Å²) in [5, 5.41) is 5.72. The van der Waals surface area contributed by atoms with Gasteiger partial charge in [0.1, 0.15) is 0 Å². The first-order valence-corrected chi connectivity index (χ1v) is 9.16. The lowest BCUT2D eigenvalue weighted by atomic mass is 9.97. The van der Waals surface area contributed by atoms with E-state index in [1.165, 1.54) is 6.42 Å². The summed E-state index contributed by atoms with van der Waals surface area (Å²) in [6, 6.07) is 4.72. The van der Waals surface area contributed by atoms with Crippen LogP contribution in [0.5, 0.6) is 0 Å². The smallest absolute Gasteiger partial charge is 0.234 e. The molecule has 6 heteroatoms. The Morgan fingerprint density at radius 1 is 1.20 bits per heavy atom. The number of piperidine rings is 1. The van der Waals surface area contributed by atoms with Gasteiger partial charge in [-0.25, -0.2) is 0 Å². The van der Waals surface area contributed by atoms with Crippen molar-refractivity contribution >= 4 is 11.8 Å². The highest BCUT2D eigenvalue weighted by Crippen LogP contribution is 2.21. The summed E-state index contributed by atoms with van der Waals surface area (Å²) < 4.78 is 0. The van der Waals surface area contributed by atoms with Crippen LogP contribution in [0.4, 0.5) is 0 Å². The minimum Gasteiger partial charge on any atom is -0.354 e. The third-order valence-electron chi connectivity index (χ3n) is 4.83. The Hall–Kier alpha value is -1.95. The number of carbonyl (C=O) groups is 2. The van der Waals surface area contributed by atoms with Crippen molar-refractivity contribution in [3.8, 4) is 0 Å². The molecule has 0 saturated carbocycles. The van der Waals surface area contributed by atoms with E-state index >= 15 is 0 Å². The average Bonchev–Trinajstić information content (AvgIpc) is 2.56. The lowest BCUT2D eigenvalue weighted by Crippen LogP contribution is -2.49. The Kier molecular flexibility index (Phi) is 7.37. The van der Waals surface area contributed by atoms with Gasteiger partial charge in [0, 0.05) is 43.5 Å². The summed E-state index contributed by atoms with van der Waals surface area (Å²) in [4.78, 5) is 30.4. The van der Waals surface area contributed by atoms with Crippen LogP contribution in [0.25, 0.3) is 0 Å². The molecule has 0 aromatic carbocycles. The minimum atomic E-state index is -0.0607. The Balaban J connectivity index is 1.64. The topological polar surface area (TPSA) is 74.3 Å². The van der Waals surface area contributed by atoms with Gasteiger partial charge in [-0.3, -0.25) is 19.5 Å². The molecule has 25 heavy (non-hydrogen) atoms. The second kappa shape index (κ2) is 9.51. The van der Waals surface area contributed by atoms with Crippen LogP contribution in [0.3, 0.4) is 0 Å². The van der Waals surface area contributed by atoms with E-state index in [-0.39, 0.29) is 11.8 Å². The first-order valence-electron chi connectivity index (χ1n) is 9.16. The van der Waals surface area contributed by atoms with Gasteiger partial charge in [0.05, 0.1) is 6.54 Å². The molecule has 1 aliphatic rings. The molecule has 2 N–H and O–H groups in total. The molecule has 2 unspecified atom stereocenters. The second-order valence-electron chi connectivity index (χ2n) is 6.98. The Labute approximate surface area is 150 Å². The van der Waals surface area contributed by atoms with Crippen LogP contribution in [0.1, 0.15) is 50.8 Å². The standard InChI is InChI=1S/C19H30N4O2/c1-14-11-17(7-9-20-14)12-22-18(24)8-10-21-19(25)13-23-15(2)5-4-6-16(23)3/h7,9,11,15-16H,4-6,8,10,12-13H2,1-3H3,(H,21,25)(H,22,24). The molecular formula is C19H30N4O2. The van der Waals surface area contributed by atoms with Crippen molar-refractivity contribution in [2.24, 2.45) is 0 Å². The van der Waals surface area contributed by atoms with Gasteiger partial charge in [0.2, 0.25) is 11.8 Å². The number of aromatic nitrogens is 1. The minimum absolute atomic E-state index is 0.00171. The molecular weight excluding hydrogens is 316 g/mol. The van der Waals surface area contributed by atoms with E-state index in [9.17, 15) is 9.59 Å². The van der Waals surface area contributed by atoms with Crippen LogP contribution in [-0.2, 0) is 16.1 Å². The number of rotatable bonds is 7. The molecule has 1 saturated heterocycles. The Morgan fingerprint density at radius 3 is 2.60 bits per heavy atom. The van der Waals surface area contributed by atoms with Crippen LogP contribution in [0.15, 0.2) is 18.3 Å². The maximum Gasteiger partial charge on any atom is 0.234 e. The normalized spacial score (nSPS) is 20.9. The van der Waals surface area contributed by atoms with Crippen LogP contribution in [0, 0.1) is 6.92 Å². The van der Waals surface area contributed by atoms with Crippen molar-refractivity contribution in [1.29, 1.82) is 0 Å². The van der Waals surface area contributed by atoms with Crippen molar-refractivity contribution in [3.63, 3.8) is 0 Å². The zero-order chi connectivity index (χ0) is 18.2. The highest BCUT2D eigenvalue weighted by molar-refractivity contribution is 5.80. The van der Waals surface area contributed by atoms with Gasteiger partial charge in [0.15, 0.2) is 0 Å². The summed E-state index contributed by atoms with van der Waals surface area (Å²) in [5.74, 6) is -0.0624. The van der Waals surface area contributed by atoms with Crippen LogP contribution in [-0.4, -0.2) is 46.9 Å². The molecule has 138 valence electrons. The molecule has 0 bridgehead atoms. The number of hydrogen-bond acceptors (Lipinski definition) is 4. The molecule has 6 nitrogen and oxygen atoms in total. The number of nitrogens with zero attached hydrogens (tertiary/aromatic N) is 2. The fourth-order valence-electron chi connectivity index (χ4n) is 3.33. The molecule has 2 rings (SSSR count). The molecule has 1 aromatic rings. The van der Waals surface area contributed by atoms with Crippen molar-refractivity contribution in [3.05, 3.63) is 29.6 Å². The Morgan fingerprint density at radius 2 is 1.92 bits per heavy atom. The number of amides is 2. The van der Waals surface area contributed by atoms with Crippen LogP contribution < -0.4 is 10.6 Å². The maximum atomic E-state index is 12.1. The van der Waals surface area contributed by atoms with Gasteiger partial charge in [-0.05, 0) is 51.3 Å². The first-order chi connectivity index (χ1) is 12.0. The highest BCUT2D eigenvalue weighted by Gasteiger charge is 2.26. The fourth-order valence-corrected chi connectivity index (χ4v) is 3.33. The summed E-state index contributed by atoms with van der Waals surface area (Å²) in [7, 11) is 0. The molecule has 2 heterocycles. The number of carbonyl (C=O) groups excluding carboxylic acids is 2. The summed E-state index contributed by atoms with van der Waals surface area (Å²) in [6.45, 7) is 7.55. The summed E-state index contributed by atoms with van der Waals surface area (Å²) in [6.07, 6.45) is 5.56. The van der Waals surface area contributed by atoms with Crippen LogP contribution in [0.2, 0.25) is 0 Å². The van der Waals surface area contributed by atoms with E-state index in [2.05, 4.69) is 34.4 Å². The molecule has 1 fully saturated rings. The van der Waals surface area contributed by atoms with E-state index in [1.807, 2.05) is 19.1 Å². The van der Waals surface area contributed by atoms with Crippen molar-refractivity contribution < 1.29 is 9.59 Å². The van der Waals surface area contributed by atoms with Gasteiger partial charge >= 0.3 is 0 Å². The largest absolute Gasteiger partial charge is 0.354 e. The van der Waals surface area contributed by atoms with Gasteiger partial charge in [-0.15, -0.1) is 0 Å². The zero-order valence-corrected chi connectivity index (χ0v) is 15.5. The number of likely N-dealkylation sites (tertiary alicyclic amines) is 1. The number of hydrogen-bond donors (Lipinski definition) is 2. The number of aryl methyl sites for hydroxylation is 1. The number of pyridine rings is 1. The van der Waals surface area contributed by atoms with Crippen molar-refractivity contribution in [2.45, 2.75) is 65.1 Å². The fraction of sp³-hybridized carbons (Fsp3) is 0.632. The lowest BCUT2D eigenvalue weighted by Gasteiger charge is -2.38. The highest BCUT2D eigenvalue weighted by atomic mass is 16.2. The van der Waals surface area contributed by atoms with Gasteiger partial charge in [0.25, 0.3) is 0 Å². The van der Waals surface area contributed by atoms with Gasteiger partial charge in [-0.2, -0.15) is 0 Å². The van der Waals surface area contributed by atoms with E-state index < -0.39 is 0 Å². The second-order valence-corrected chi connectivity index (χ2v) is 6.98. The van der Waals surface area contributed by atoms with Crippen LogP contribution >= 0.6 is 0 Å². The molecule has 0 radical (unpaired) electrons. The number of nitrogens with one attached hydrogen (secondary N) is 2. The monoisotopic (exact) mass is 346 g/mol. The SMILES string of the molecule is Cc1cc(CNC(=O)CCNC(=O)CN2C(C)CCCC2C)ccn1. The summed E-state index contributed by atoms with van der Waals surface area (Å²) >= 11 is 0. The maximum absolute atomic E-state index is 12.1. The van der Waals surface area contributed by atoms with E-state index in [0.717, 1.165) is 24.1 Å². The predicted molar refractivity (Wildman–Crippen MR) is 97.9 cm³/mol. The van der Waals surface area contributed by atoms with E-state index in [4.69, 9.17) is 0 Å². The van der Waals surface area contributed by atoms with E-state index in [1.54, 1.807) is 6.20 Å². The molecule has 1 aromatic heterocycles. The predicted octanol–water partition coefficient (Wildman–Crippen LogP) is 1.78. The van der Waals surface area contributed by atoms with E-state index in [0.29, 0.717) is 38.1 Å². The molecule has 2 atom stereocenters. The van der Waals surface area contributed by atoms with Gasteiger partial charge in [-0.1, -0.05) is 6.42 Å². The third kappa shape index (κ3) is 6.46. The van der Waals surface area contributed by atoms with Crippen molar-refractivity contribution in [1.82, 2.24) is 20.5 Å². The van der Waals surface area contributed by atoms with Crippen molar-refractivity contribution in [2.75, 3.05) is 13.1 Å². The molecule has 0 aliphatic carbocycles. The quantitative estimate of drug-likeness (QED) is 0.789. The Bertz CT molecular complexity index is 581. The zero-order valence-electron chi connectivity index (χ0n) is 15.5. The summed E-state index contributed by atoms with van der Waals surface area (Å²) in [5.41, 5.74) is 1.96. The molecule has 2 amide bonds. The first kappa shape index (κ1) is 19.4.